The van der Waals surface area contributed by atoms with Crippen LogP contribution in [0.2, 0.25) is 0 Å². The van der Waals surface area contributed by atoms with Crippen LogP contribution in [-0.4, -0.2) is 6.61 Å². The number of hydrogen-bond donors (Lipinski definition) is 2. The molecule has 0 spiro atoms. The molecule has 0 aliphatic heterocycles. The lowest BCUT2D eigenvalue weighted by Gasteiger charge is -2.25. The molecule has 102 valence electrons. The molecule has 3 nitrogen and oxygen atoms in total. The minimum atomic E-state index is 0.199. The van der Waals surface area contributed by atoms with Crippen molar-refractivity contribution >= 4 is 0 Å². The number of hydrazine groups is 1. The van der Waals surface area contributed by atoms with Crippen molar-refractivity contribution in [3.8, 4) is 5.75 Å². The number of nitrogens with one attached hydrogen (secondary N) is 1. The molecule has 0 radical (unpaired) electrons. The van der Waals surface area contributed by atoms with Crippen LogP contribution >= 0.6 is 0 Å². The van der Waals surface area contributed by atoms with Crippen molar-refractivity contribution in [1.29, 1.82) is 0 Å². The van der Waals surface area contributed by atoms with Gasteiger partial charge in [0.15, 0.2) is 0 Å². The first kappa shape index (κ1) is 15.0. The van der Waals surface area contributed by atoms with E-state index < -0.39 is 0 Å². The molecule has 0 aromatic heterocycles. The summed E-state index contributed by atoms with van der Waals surface area (Å²) in [6.45, 7) is 7.28. The zero-order chi connectivity index (χ0) is 13.4. The Morgan fingerprint density at radius 1 is 1.22 bits per heavy atom. The first-order chi connectivity index (χ1) is 8.76. The van der Waals surface area contributed by atoms with Crippen LogP contribution in [0.4, 0.5) is 0 Å². The van der Waals surface area contributed by atoms with Gasteiger partial charge < -0.3 is 4.74 Å². The van der Waals surface area contributed by atoms with Crippen molar-refractivity contribution in [3.63, 3.8) is 0 Å². The van der Waals surface area contributed by atoms with E-state index in [9.17, 15) is 0 Å². The number of rotatable bonds is 8. The lowest BCUT2D eigenvalue weighted by atomic mass is 9.89. The zero-order valence-corrected chi connectivity index (χ0v) is 11.8. The van der Waals surface area contributed by atoms with E-state index in [4.69, 9.17) is 10.6 Å². The molecule has 1 atom stereocenters. The molecular formula is C15H26N2O. The van der Waals surface area contributed by atoms with Gasteiger partial charge in [-0.05, 0) is 30.0 Å². The molecule has 0 heterocycles. The van der Waals surface area contributed by atoms with Gasteiger partial charge in [0.2, 0.25) is 0 Å². The van der Waals surface area contributed by atoms with Crippen LogP contribution in [0.3, 0.4) is 0 Å². The van der Waals surface area contributed by atoms with Crippen LogP contribution in [-0.2, 0) is 0 Å². The summed E-state index contributed by atoms with van der Waals surface area (Å²) in [4.78, 5) is 0. The van der Waals surface area contributed by atoms with Crippen LogP contribution in [0.15, 0.2) is 24.3 Å². The van der Waals surface area contributed by atoms with Crippen LogP contribution in [0.25, 0.3) is 0 Å². The van der Waals surface area contributed by atoms with Gasteiger partial charge in [-0.1, -0.05) is 45.7 Å². The molecule has 0 fully saturated rings. The Morgan fingerprint density at radius 3 is 2.50 bits per heavy atom. The van der Waals surface area contributed by atoms with Crippen LogP contribution in [0, 0.1) is 5.92 Å². The van der Waals surface area contributed by atoms with E-state index in [2.05, 4.69) is 38.3 Å². The maximum atomic E-state index is 5.72. The first-order valence-electron chi connectivity index (χ1n) is 6.95. The Labute approximate surface area is 111 Å². The average Bonchev–Trinajstić information content (AvgIpc) is 2.42. The van der Waals surface area contributed by atoms with E-state index in [1.54, 1.807) is 0 Å². The number of hydrogen-bond acceptors (Lipinski definition) is 3. The van der Waals surface area contributed by atoms with Gasteiger partial charge in [-0.25, -0.2) is 0 Å². The Kier molecular flexibility index (Phi) is 6.76. The maximum absolute atomic E-state index is 5.72. The van der Waals surface area contributed by atoms with Crippen molar-refractivity contribution < 1.29 is 4.74 Å². The second kappa shape index (κ2) is 8.11. The lowest BCUT2D eigenvalue weighted by molar-refractivity contribution is 0.313. The molecule has 0 saturated heterocycles. The van der Waals surface area contributed by atoms with Crippen molar-refractivity contribution in [2.24, 2.45) is 11.8 Å². The predicted octanol–water partition coefficient (Wildman–Crippen LogP) is 3.42. The van der Waals surface area contributed by atoms with Gasteiger partial charge in [-0.3, -0.25) is 11.3 Å². The molecule has 1 unspecified atom stereocenters. The second-order valence-corrected chi connectivity index (χ2v) is 4.64. The van der Waals surface area contributed by atoms with Gasteiger partial charge in [0, 0.05) is 6.04 Å². The number of benzene rings is 1. The Hall–Kier alpha value is -1.06. The molecule has 0 saturated carbocycles. The van der Waals surface area contributed by atoms with Gasteiger partial charge in [0.05, 0.1) is 6.61 Å². The van der Waals surface area contributed by atoms with Crippen molar-refractivity contribution in [3.05, 3.63) is 29.8 Å². The Morgan fingerprint density at radius 2 is 1.94 bits per heavy atom. The Bertz CT molecular complexity index is 337. The highest BCUT2D eigenvalue weighted by Gasteiger charge is 2.19. The van der Waals surface area contributed by atoms with Gasteiger partial charge >= 0.3 is 0 Å². The number of ether oxygens (including phenoxy) is 1. The summed E-state index contributed by atoms with van der Waals surface area (Å²) < 4.78 is 5.67. The third kappa shape index (κ3) is 4.00. The SMILES string of the molecule is CCCOc1cccc(C(NN)C(CC)CC)c1. The van der Waals surface area contributed by atoms with E-state index in [-0.39, 0.29) is 6.04 Å². The minimum Gasteiger partial charge on any atom is -0.494 e. The van der Waals surface area contributed by atoms with Gasteiger partial charge in [0.25, 0.3) is 0 Å². The molecular weight excluding hydrogens is 224 g/mol. The standard InChI is InChI=1S/C15H26N2O/c1-4-10-18-14-9-7-8-13(11-14)15(17-16)12(5-2)6-3/h7-9,11-12,15,17H,4-6,10,16H2,1-3H3. The zero-order valence-electron chi connectivity index (χ0n) is 11.8. The molecule has 0 amide bonds. The van der Waals surface area contributed by atoms with E-state index >= 15 is 0 Å². The molecule has 1 rings (SSSR count). The van der Waals surface area contributed by atoms with Crippen LogP contribution in [0.1, 0.15) is 51.6 Å². The summed E-state index contributed by atoms with van der Waals surface area (Å²) in [6.07, 6.45) is 3.26. The molecule has 18 heavy (non-hydrogen) atoms. The van der Waals surface area contributed by atoms with Crippen LogP contribution < -0.4 is 16.0 Å². The molecule has 0 aliphatic rings. The average molecular weight is 250 g/mol. The fourth-order valence-corrected chi connectivity index (χ4v) is 2.28. The lowest BCUT2D eigenvalue weighted by Crippen LogP contribution is -2.33. The summed E-state index contributed by atoms with van der Waals surface area (Å²) >= 11 is 0. The predicted molar refractivity (Wildman–Crippen MR) is 76.4 cm³/mol. The largest absolute Gasteiger partial charge is 0.494 e. The van der Waals surface area contributed by atoms with E-state index in [0.29, 0.717) is 5.92 Å². The van der Waals surface area contributed by atoms with Crippen LogP contribution in [0.5, 0.6) is 5.75 Å². The van der Waals surface area contributed by atoms with E-state index in [0.717, 1.165) is 31.6 Å². The quantitative estimate of drug-likeness (QED) is 0.549. The monoisotopic (exact) mass is 250 g/mol. The molecule has 0 aliphatic carbocycles. The van der Waals surface area contributed by atoms with Crippen molar-refractivity contribution in [2.45, 2.75) is 46.1 Å². The maximum Gasteiger partial charge on any atom is 0.119 e. The highest BCUT2D eigenvalue weighted by molar-refractivity contribution is 5.31. The molecule has 1 aromatic rings. The third-order valence-electron chi connectivity index (χ3n) is 3.39. The summed E-state index contributed by atoms with van der Waals surface area (Å²) in [5.74, 6) is 7.20. The first-order valence-corrected chi connectivity index (χ1v) is 6.95. The highest BCUT2D eigenvalue weighted by Crippen LogP contribution is 2.28. The molecule has 3 N–H and O–H groups in total. The fraction of sp³-hybridized carbons (Fsp3) is 0.600. The molecule has 3 heteroatoms. The minimum absolute atomic E-state index is 0.199. The third-order valence-corrected chi connectivity index (χ3v) is 3.39. The highest BCUT2D eigenvalue weighted by atomic mass is 16.5. The van der Waals surface area contributed by atoms with Gasteiger partial charge in [-0.2, -0.15) is 0 Å². The normalized spacial score (nSPS) is 12.7. The van der Waals surface area contributed by atoms with E-state index in [1.165, 1.54) is 5.56 Å². The second-order valence-electron chi connectivity index (χ2n) is 4.64. The van der Waals surface area contributed by atoms with E-state index in [1.807, 2.05) is 12.1 Å². The van der Waals surface area contributed by atoms with Gasteiger partial charge in [0.1, 0.15) is 5.75 Å². The van der Waals surface area contributed by atoms with Crippen molar-refractivity contribution in [2.75, 3.05) is 6.61 Å². The van der Waals surface area contributed by atoms with Crippen molar-refractivity contribution in [1.82, 2.24) is 5.43 Å². The molecule has 0 bridgehead atoms. The summed E-state index contributed by atoms with van der Waals surface area (Å²) in [7, 11) is 0. The topological polar surface area (TPSA) is 47.3 Å². The summed E-state index contributed by atoms with van der Waals surface area (Å²) in [6, 6.07) is 8.44. The fourth-order valence-electron chi connectivity index (χ4n) is 2.28. The summed E-state index contributed by atoms with van der Waals surface area (Å²) in [5, 5.41) is 0. The smallest absolute Gasteiger partial charge is 0.119 e. The molecule has 1 aromatic carbocycles. The Balaban J connectivity index is 2.84. The van der Waals surface area contributed by atoms with Gasteiger partial charge in [-0.15, -0.1) is 0 Å². The summed E-state index contributed by atoms with van der Waals surface area (Å²) in [5.41, 5.74) is 4.16. The number of nitrogens with two attached hydrogens (primary N) is 1.